The minimum absolute atomic E-state index is 0.245. The van der Waals surface area contributed by atoms with Gasteiger partial charge in [0.25, 0.3) is 0 Å². The van der Waals surface area contributed by atoms with E-state index < -0.39 is 10.0 Å². The predicted octanol–water partition coefficient (Wildman–Crippen LogP) is 2.27. The number of nitrogens with zero attached hydrogens (tertiary/aromatic N) is 1. The van der Waals surface area contributed by atoms with E-state index in [0.29, 0.717) is 12.2 Å². The Labute approximate surface area is 125 Å². The molecule has 0 fully saturated rings. The molecule has 0 radical (unpaired) electrons. The number of anilines is 1. The third kappa shape index (κ3) is 3.83. The molecule has 0 aliphatic carbocycles. The Morgan fingerprint density at radius 3 is 2.48 bits per heavy atom. The van der Waals surface area contributed by atoms with Crippen molar-refractivity contribution in [2.75, 3.05) is 11.9 Å². The van der Waals surface area contributed by atoms with Gasteiger partial charge in [-0.05, 0) is 37.6 Å². The van der Waals surface area contributed by atoms with E-state index in [-0.39, 0.29) is 10.9 Å². The summed E-state index contributed by atoms with van der Waals surface area (Å²) in [6.07, 6.45) is 3.90. The van der Waals surface area contributed by atoms with Crippen LogP contribution in [0.2, 0.25) is 0 Å². The van der Waals surface area contributed by atoms with Crippen molar-refractivity contribution in [3.05, 3.63) is 42.5 Å². The van der Waals surface area contributed by atoms with Gasteiger partial charge in [0, 0.05) is 24.6 Å². The Morgan fingerprint density at radius 2 is 1.95 bits per heavy atom. The van der Waals surface area contributed by atoms with Crippen LogP contribution in [-0.2, 0) is 10.0 Å². The van der Waals surface area contributed by atoms with Crippen molar-refractivity contribution in [1.29, 1.82) is 0 Å². The third-order valence-corrected chi connectivity index (χ3v) is 4.59. The van der Waals surface area contributed by atoms with Gasteiger partial charge in [-0.25, -0.2) is 18.1 Å². The molecule has 2 rings (SSSR count). The molecule has 0 aliphatic heterocycles. The first-order valence-corrected chi connectivity index (χ1v) is 8.40. The van der Waals surface area contributed by atoms with Crippen LogP contribution in [-0.4, -0.2) is 24.9 Å². The van der Waals surface area contributed by atoms with Crippen molar-refractivity contribution in [1.82, 2.24) is 14.7 Å². The van der Waals surface area contributed by atoms with Crippen LogP contribution >= 0.6 is 0 Å². The molecule has 0 bridgehead atoms. The second-order valence-electron chi connectivity index (χ2n) is 4.61. The van der Waals surface area contributed by atoms with Crippen molar-refractivity contribution in [3.8, 4) is 0 Å². The first-order valence-electron chi connectivity index (χ1n) is 6.92. The maximum Gasteiger partial charge on any atom is 0.241 e. The minimum atomic E-state index is -3.57. The maximum absolute atomic E-state index is 12.4. The molecule has 0 saturated carbocycles. The molecule has 1 aromatic heterocycles. The lowest BCUT2D eigenvalue weighted by molar-refractivity contribution is 0.539. The maximum atomic E-state index is 12.4. The molecule has 2 aromatic rings. The number of imidazole rings is 1. The van der Waals surface area contributed by atoms with Crippen LogP contribution in [0.4, 0.5) is 5.69 Å². The zero-order chi connectivity index (χ0) is 15.3. The van der Waals surface area contributed by atoms with E-state index in [1.54, 1.807) is 36.7 Å². The van der Waals surface area contributed by atoms with Crippen LogP contribution in [0.25, 0.3) is 0 Å². The van der Waals surface area contributed by atoms with E-state index in [1.807, 2.05) is 13.8 Å². The van der Waals surface area contributed by atoms with E-state index in [9.17, 15) is 8.42 Å². The quantitative estimate of drug-likeness (QED) is 0.732. The van der Waals surface area contributed by atoms with Crippen LogP contribution in [0.1, 0.15) is 32.1 Å². The Balaban J connectivity index is 2.17. The van der Waals surface area contributed by atoms with Gasteiger partial charge in [0.15, 0.2) is 0 Å². The SMILES string of the molecule is CCNc1ccc(S(=O)(=O)NC(CC)c2ncc[nH]2)cc1. The summed E-state index contributed by atoms with van der Waals surface area (Å²) < 4.78 is 27.5. The molecule has 114 valence electrons. The van der Waals surface area contributed by atoms with E-state index in [1.165, 1.54) is 0 Å². The highest BCUT2D eigenvalue weighted by Crippen LogP contribution is 2.18. The van der Waals surface area contributed by atoms with Gasteiger partial charge in [0.2, 0.25) is 10.0 Å². The van der Waals surface area contributed by atoms with Crippen LogP contribution < -0.4 is 10.0 Å². The van der Waals surface area contributed by atoms with Crippen molar-refractivity contribution >= 4 is 15.7 Å². The molecule has 6 nitrogen and oxygen atoms in total. The number of benzene rings is 1. The Morgan fingerprint density at radius 1 is 1.24 bits per heavy atom. The smallest absolute Gasteiger partial charge is 0.241 e. The highest BCUT2D eigenvalue weighted by Gasteiger charge is 2.21. The summed E-state index contributed by atoms with van der Waals surface area (Å²) >= 11 is 0. The Hall–Kier alpha value is -1.86. The second-order valence-corrected chi connectivity index (χ2v) is 6.33. The standard InChI is InChI=1S/C14H20N4O2S/c1-3-13(14-16-9-10-17-14)18-21(19,20)12-7-5-11(6-8-12)15-4-2/h5-10,13,15,18H,3-4H2,1-2H3,(H,16,17). The lowest BCUT2D eigenvalue weighted by Gasteiger charge is -2.15. The molecule has 1 aromatic carbocycles. The molecule has 0 aliphatic rings. The highest BCUT2D eigenvalue weighted by molar-refractivity contribution is 7.89. The van der Waals surface area contributed by atoms with Crippen molar-refractivity contribution in [3.63, 3.8) is 0 Å². The van der Waals surface area contributed by atoms with Gasteiger partial charge in [-0.15, -0.1) is 0 Å². The highest BCUT2D eigenvalue weighted by atomic mass is 32.2. The molecule has 0 saturated heterocycles. The van der Waals surface area contributed by atoms with Crippen LogP contribution in [0.3, 0.4) is 0 Å². The molecule has 0 amide bonds. The van der Waals surface area contributed by atoms with Crippen molar-refractivity contribution < 1.29 is 8.42 Å². The fourth-order valence-electron chi connectivity index (χ4n) is 2.01. The van der Waals surface area contributed by atoms with Crippen LogP contribution in [0.15, 0.2) is 41.6 Å². The minimum Gasteiger partial charge on any atom is -0.385 e. The summed E-state index contributed by atoms with van der Waals surface area (Å²) in [5, 5.41) is 3.13. The number of H-pyrrole nitrogens is 1. The molecule has 7 heteroatoms. The molecule has 0 spiro atoms. The number of nitrogens with one attached hydrogen (secondary N) is 3. The average Bonchev–Trinajstić information content (AvgIpc) is 3.00. The first kappa shape index (κ1) is 15.5. The fraction of sp³-hybridized carbons (Fsp3) is 0.357. The van der Waals surface area contributed by atoms with E-state index in [4.69, 9.17) is 0 Å². The van der Waals surface area contributed by atoms with Gasteiger partial charge in [-0.3, -0.25) is 0 Å². The summed E-state index contributed by atoms with van der Waals surface area (Å²) in [5.41, 5.74) is 0.898. The van der Waals surface area contributed by atoms with E-state index in [2.05, 4.69) is 20.0 Å². The first-order chi connectivity index (χ1) is 10.1. The summed E-state index contributed by atoms with van der Waals surface area (Å²) in [5.74, 6) is 0.616. The molecule has 1 atom stereocenters. The number of aromatic nitrogens is 2. The fourth-order valence-corrected chi connectivity index (χ4v) is 3.30. The predicted molar refractivity (Wildman–Crippen MR) is 82.5 cm³/mol. The number of rotatable bonds is 7. The average molecular weight is 308 g/mol. The zero-order valence-corrected chi connectivity index (χ0v) is 12.9. The lowest BCUT2D eigenvalue weighted by atomic mass is 10.2. The molecule has 1 heterocycles. The molecular weight excluding hydrogens is 288 g/mol. The van der Waals surface area contributed by atoms with Gasteiger partial charge in [0.05, 0.1) is 10.9 Å². The summed E-state index contributed by atoms with van der Waals surface area (Å²) in [7, 11) is -3.57. The second kappa shape index (κ2) is 6.73. The van der Waals surface area contributed by atoms with Gasteiger partial charge in [0.1, 0.15) is 5.82 Å². The van der Waals surface area contributed by atoms with E-state index in [0.717, 1.165) is 12.2 Å². The topological polar surface area (TPSA) is 86.9 Å². The normalized spacial score (nSPS) is 13.0. The van der Waals surface area contributed by atoms with Gasteiger partial charge >= 0.3 is 0 Å². The summed E-state index contributed by atoms with van der Waals surface area (Å²) in [6.45, 7) is 4.69. The number of hydrogen-bond donors (Lipinski definition) is 3. The van der Waals surface area contributed by atoms with Crippen molar-refractivity contribution in [2.45, 2.75) is 31.2 Å². The largest absolute Gasteiger partial charge is 0.385 e. The summed E-state index contributed by atoms with van der Waals surface area (Å²) in [4.78, 5) is 7.30. The van der Waals surface area contributed by atoms with Gasteiger partial charge in [-0.1, -0.05) is 6.92 Å². The summed E-state index contributed by atoms with van der Waals surface area (Å²) in [6, 6.07) is 6.33. The molecular formula is C14H20N4O2S. The van der Waals surface area contributed by atoms with Crippen LogP contribution in [0, 0.1) is 0 Å². The number of hydrogen-bond acceptors (Lipinski definition) is 4. The van der Waals surface area contributed by atoms with Crippen LogP contribution in [0.5, 0.6) is 0 Å². The third-order valence-electron chi connectivity index (χ3n) is 3.10. The van der Waals surface area contributed by atoms with Crippen molar-refractivity contribution in [2.24, 2.45) is 0 Å². The Kier molecular flexibility index (Phi) is 4.98. The molecule has 21 heavy (non-hydrogen) atoms. The van der Waals surface area contributed by atoms with Gasteiger partial charge < -0.3 is 10.3 Å². The molecule has 3 N–H and O–H groups in total. The molecule has 1 unspecified atom stereocenters. The Bertz CT molecular complexity index is 651. The van der Waals surface area contributed by atoms with E-state index >= 15 is 0 Å². The van der Waals surface area contributed by atoms with Gasteiger partial charge in [-0.2, -0.15) is 0 Å². The number of sulfonamides is 1. The monoisotopic (exact) mass is 308 g/mol. The number of aromatic amines is 1. The lowest BCUT2D eigenvalue weighted by Crippen LogP contribution is -2.29. The zero-order valence-electron chi connectivity index (χ0n) is 12.1.